The van der Waals surface area contributed by atoms with Crippen molar-refractivity contribution in [1.82, 2.24) is 10.2 Å². The fourth-order valence-electron chi connectivity index (χ4n) is 2.65. The van der Waals surface area contributed by atoms with E-state index in [1.165, 1.54) is 16.7 Å². The van der Waals surface area contributed by atoms with E-state index in [4.69, 9.17) is 0 Å². The number of aryl methyl sites for hydroxylation is 2. The predicted molar refractivity (Wildman–Crippen MR) is 78.2 cm³/mol. The van der Waals surface area contributed by atoms with Crippen LogP contribution in [0.1, 0.15) is 23.1 Å². The third-order valence-electron chi connectivity index (χ3n) is 4.01. The number of hydrogen-bond donors (Lipinski definition) is 1. The summed E-state index contributed by atoms with van der Waals surface area (Å²) in [7, 11) is 1.92. The molecule has 1 heterocycles. The third kappa shape index (κ3) is 3.57. The average molecular weight is 260 g/mol. The van der Waals surface area contributed by atoms with E-state index in [1.54, 1.807) is 0 Å². The van der Waals surface area contributed by atoms with Gasteiger partial charge in [0, 0.05) is 20.1 Å². The molecule has 1 atom stereocenters. The monoisotopic (exact) mass is 260 g/mol. The molecule has 1 aliphatic heterocycles. The molecular weight excluding hydrogens is 236 g/mol. The number of carbonyl (C=O) groups excluding carboxylic acids is 1. The highest BCUT2D eigenvalue weighted by molar-refractivity contribution is 5.79. The first-order valence-electron chi connectivity index (χ1n) is 7.10. The summed E-state index contributed by atoms with van der Waals surface area (Å²) in [6.45, 7) is 6.87. The lowest BCUT2D eigenvalue weighted by atomic mass is 10.0. The van der Waals surface area contributed by atoms with Gasteiger partial charge >= 0.3 is 0 Å². The standard InChI is InChI=1S/C16H24N2O/c1-12-4-5-13(2)14(10-12)7-9-18(3)16(19)15-6-8-17-11-15/h4-5,10,15,17H,6-9,11H2,1-3H3. The van der Waals surface area contributed by atoms with Gasteiger partial charge in [-0.2, -0.15) is 0 Å². The Morgan fingerprint density at radius 1 is 1.42 bits per heavy atom. The SMILES string of the molecule is Cc1ccc(C)c(CCN(C)C(=O)C2CCNC2)c1. The van der Waals surface area contributed by atoms with Crippen molar-refractivity contribution in [3.63, 3.8) is 0 Å². The van der Waals surface area contributed by atoms with Crippen molar-refractivity contribution in [2.45, 2.75) is 26.7 Å². The minimum atomic E-state index is 0.184. The molecule has 2 rings (SSSR count). The second kappa shape index (κ2) is 6.20. The molecule has 3 heteroatoms. The first-order chi connectivity index (χ1) is 9.08. The highest BCUT2D eigenvalue weighted by Gasteiger charge is 2.24. The number of rotatable bonds is 4. The van der Waals surface area contributed by atoms with Gasteiger partial charge in [0.2, 0.25) is 5.91 Å². The summed E-state index contributed by atoms with van der Waals surface area (Å²) >= 11 is 0. The van der Waals surface area contributed by atoms with Crippen LogP contribution >= 0.6 is 0 Å². The van der Waals surface area contributed by atoms with Gasteiger partial charge in [-0.15, -0.1) is 0 Å². The van der Waals surface area contributed by atoms with Crippen LogP contribution in [-0.4, -0.2) is 37.5 Å². The number of nitrogens with one attached hydrogen (secondary N) is 1. The average Bonchev–Trinajstić information content (AvgIpc) is 2.92. The zero-order valence-electron chi connectivity index (χ0n) is 12.2. The van der Waals surface area contributed by atoms with Gasteiger partial charge in [0.05, 0.1) is 5.92 Å². The van der Waals surface area contributed by atoms with Crippen LogP contribution in [0.3, 0.4) is 0 Å². The Balaban J connectivity index is 1.90. The first kappa shape index (κ1) is 14.1. The highest BCUT2D eigenvalue weighted by Crippen LogP contribution is 2.14. The zero-order valence-corrected chi connectivity index (χ0v) is 12.2. The predicted octanol–water partition coefficient (Wildman–Crippen LogP) is 1.91. The molecule has 0 spiro atoms. The van der Waals surface area contributed by atoms with E-state index in [1.807, 2.05) is 11.9 Å². The second-order valence-corrected chi connectivity index (χ2v) is 5.63. The minimum absolute atomic E-state index is 0.184. The van der Waals surface area contributed by atoms with E-state index in [0.29, 0.717) is 0 Å². The molecule has 1 N–H and O–H groups in total. The summed E-state index contributed by atoms with van der Waals surface area (Å²) in [5.74, 6) is 0.471. The maximum atomic E-state index is 12.2. The fourth-order valence-corrected chi connectivity index (χ4v) is 2.65. The molecule has 1 fully saturated rings. The molecular formula is C16H24N2O. The maximum Gasteiger partial charge on any atom is 0.226 e. The van der Waals surface area contributed by atoms with Crippen molar-refractivity contribution in [3.8, 4) is 0 Å². The van der Waals surface area contributed by atoms with E-state index in [2.05, 4.69) is 37.4 Å². The normalized spacial score (nSPS) is 18.6. The van der Waals surface area contributed by atoms with Crippen LogP contribution in [0, 0.1) is 19.8 Å². The summed E-state index contributed by atoms with van der Waals surface area (Å²) in [5.41, 5.74) is 3.95. The molecule has 1 saturated heterocycles. The van der Waals surface area contributed by atoms with Gasteiger partial charge < -0.3 is 10.2 Å². The summed E-state index contributed by atoms with van der Waals surface area (Å²) in [6, 6.07) is 6.52. The molecule has 0 aliphatic carbocycles. The van der Waals surface area contributed by atoms with Crippen molar-refractivity contribution in [3.05, 3.63) is 34.9 Å². The van der Waals surface area contributed by atoms with Gasteiger partial charge in [-0.1, -0.05) is 23.8 Å². The smallest absolute Gasteiger partial charge is 0.226 e. The van der Waals surface area contributed by atoms with Crippen molar-refractivity contribution >= 4 is 5.91 Å². The molecule has 1 aromatic carbocycles. The molecule has 1 unspecified atom stereocenters. The number of hydrogen-bond acceptors (Lipinski definition) is 2. The van der Waals surface area contributed by atoms with E-state index >= 15 is 0 Å². The quantitative estimate of drug-likeness (QED) is 0.897. The Labute approximate surface area is 116 Å². The van der Waals surface area contributed by atoms with Crippen LogP contribution in [0.4, 0.5) is 0 Å². The van der Waals surface area contributed by atoms with Crippen LogP contribution in [0.2, 0.25) is 0 Å². The summed E-state index contributed by atoms with van der Waals surface area (Å²) in [6.07, 6.45) is 1.92. The van der Waals surface area contributed by atoms with Gasteiger partial charge in [0.15, 0.2) is 0 Å². The van der Waals surface area contributed by atoms with Gasteiger partial charge in [-0.3, -0.25) is 4.79 Å². The molecule has 0 aromatic heterocycles. The Morgan fingerprint density at radius 3 is 2.89 bits per heavy atom. The van der Waals surface area contributed by atoms with Crippen molar-refractivity contribution in [2.24, 2.45) is 5.92 Å². The van der Waals surface area contributed by atoms with E-state index in [-0.39, 0.29) is 11.8 Å². The number of benzene rings is 1. The minimum Gasteiger partial charge on any atom is -0.345 e. The topological polar surface area (TPSA) is 32.3 Å². The van der Waals surface area contributed by atoms with Crippen LogP contribution in [0.15, 0.2) is 18.2 Å². The van der Waals surface area contributed by atoms with Crippen LogP contribution in [-0.2, 0) is 11.2 Å². The fraction of sp³-hybridized carbons (Fsp3) is 0.562. The Hall–Kier alpha value is -1.35. The Morgan fingerprint density at radius 2 is 2.21 bits per heavy atom. The molecule has 0 saturated carbocycles. The molecule has 104 valence electrons. The van der Waals surface area contributed by atoms with Gasteiger partial charge in [0.25, 0.3) is 0 Å². The number of amides is 1. The zero-order chi connectivity index (χ0) is 13.8. The lowest BCUT2D eigenvalue weighted by molar-refractivity contribution is -0.133. The van der Waals surface area contributed by atoms with E-state index in [0.717, 1.165) is 32.5 Å². The summed E-state index contributed by atoms with van der Waals surface area (Å²) < 4.78 is 0. The number of likely N-dealkylation sites (N-methyl/N-ethyl adjacent to an activating group) is 1. The van der Waals surface area contributed by atoms with Crippen molar-refractivity contribution < 1.29 is 4.79 Å². The Bertz CT molecular complexity index is 450. The van der Waals surface area contributed by atoms with Crippen LogP contribution in [0.25, 0.3) is 0 Å². The summed E-state index contributed by atoms with van der Waals surface area (Å²) in [4.78, 5) is 14.1. The number of carbonyl (C=O) groups is 1. The van der Waals surface area contributed by atoms with Gasteiger partial charge in [-0.05, 0) is 44.4 Å². The van der Waals surface area contributed by atoms with E-state index in [9.17, 15) is 4.79 Å². The number of nitrogens with zero attached hydrogens (tertiary/aromatic N) is 1. The highest BCUT2D eigenvalue weighted by atomic mass is 16.2. The molecule has 0 bridgehead atoms. The lowest BCUT2D eigenvalue weighted by Gasteiger charge is -2.21. The lowest BCUT2D eigenvalue weighted by Crippen LogP contribution is -2.35. The van der Waals surface area contributed by atoms with Crippen molar-refractivity contribution in [1.29, 1.82) is 0 Å². The first-order valence-corrected chi connectivity index (χ1v) is 7.10. The van der Waals surface area contributed by atoms with E-state index < -0.39 is 0 Å². The molecule has 19 heavy (non-hydrogen) atoms. The Kier molecular flexibility index (Phi) is 4.59. The largest absolute Gasteiger partial charge is 0.345 e. The van der Waals surface area contributed by atoms with Gasteiger partial charge in [0.1, 0.15) is 0 Å². The summed E-state index contributed by atoms with van der Waals surface area (Å²) in [5, 5.41) is 3.25. The molecule has 0 radical (unpaired) electrons. The molecule has 1 amide bonds. The van der Waals surface area contributed by atoms with Crippen molar-refractivity contribution in [2.75, 3.05) is 26.7 Å². The third-order valence-corrected chi connectivity index (χ3v) is 4.01. The second-order valence-electron chi connectivity index (χ2n) is 5.63. The molecule has 3 nitrogen and oxygen atoms in total. The van der Waals surface area contributed by atoms with Crippen LogP contribution < -0.4 is 5.32 Å². The maximum absolute atomic E-state index is 12.2. The van der Waals surface area contributed by atoms with Crippen LogP contribution in [0.5, 0.6) is 0 Å². The van der Waals surface area contributed by atoms with Gasteiger partial charge in [-0.25, -0.2) is 0 Å². The molecule has 1 aliphatic rings. The molecule has 1 aromatic rings.